The van der Waals surface area contributed by atoms with Gasteiger partial charge in [0.1, 0.15) is 11.5 Å². The molecule has 2 unspecified atom stereocenters. The van der Waals surface area contributed by atoms with Crippen LogP contribution in [0.3, 0.4) is 0 Å². The van der Waals surface area contributed by atoms with E-state index >= 15 is 0 Å². The summed E-state index contributed by atoms with van der Waals surface area (Å²) in [4.78, 5) is 4.06. The molecule has 1 aromatic heterocycles. The minimum Gasteiger partial charge on any atom is -0.455 e. The minimum absolute atomic E-state index is 0.210. The largest absolute Gasteiger partial charge is 0.455 e. The molecule has 1 heterocycles. The van der Waals surface area contributed by atoms with Gasteiger partial charge in [0.05, 0.1) is 12.3 Å². The molecular weight excluding hydrogens is 288 g/mol. The molecule has 1 aliphatic carbocycles. The van der Waals surface area contributed by atoms with E-state index in [4.69, 9.17) is 4.74 Å². The van der Waals surface area contributed by atoms with Gasteiger partial charge >= 0.3 is 0 Å². The molecule has 0 spiro atoms. The Bertz CT molecular complexity index is 631. The van der Waals surface area contributed by atoms with Gasteiger partial charge in [-0.3, -0.25) is 4.98 Å². The van der Waals surface area contributed by atoms with Crippen LogP contribution in [0.1, 0.15) is 36.8 Å². The van der Waals surface area contributed by atoms with Crippen LogP contribution in [-0.2, 0) is 6.54 Å². The molecule has 2 N–H and O–H groups in total. The lowest BCUT2D eigenvalue weighted by Gasteiger charge is -2.28. The summed E-state index contributed by atoms with van der Waals surface area (Å²) < 4.78 is 5.85. The highest BCUT2D eigenvalue weighted by molar-refractivity contribution is 5.39. The van der Waals surface area contributed by atoms with Gasteiger partial charge in [0.15, 0.2) is 0 Å². The SMILES string of the molecule is Cc1cc(CNC2CCCCC2O)ccc1Oc1cccnc1. The first-order valence-corrected chi connectivity index (χ1v) is 8.31. The highest BCUT2D eigenvalue weighted by Gasteiger charge is 2.22. The number of nitrogens with one attached hydrogen (secondary N) is 1. The van der Waals surface area contributed by atoms with Crippen molar-refractivity contribution in [2.75, 3.05) is 0 Å². The standard InChI is InChI=1S/C19H24N2O2/c1-14-11-15(12-21-17-6-2-3-7-18(17)22)8-9-19(14)23-16-5-4-10-20-13-16/h4-5,8-11,13,17-18,21-22H,2-3,6-7,12H2,1H3. The Kier molecular flexibility index (Phi) is 5.26. The molecule has 122 valence electrons. The number of aromatic nitrogens is 1. The van der Waals surface area contributed by atoms with Gasteiger partial charge in [0.25, 0.3) is 0 Å². The molecule has 4 nitrogen and oxygen atoms in total. The number of aliphatic hydroxyl groups is 1. The number of aryl methyl sites for hydroxylation is 1. The Morgan fingerprint density at radius 2 is 2.13 bits per heavy atom. The molecule has 0 saturated heterocycles. The lowest BCUT2D eigenvalue weighted by Crippen LogP contribution is -2.41. The molecule has 0 radical (unpaired) electrons. The first kappa shape index (κ1) is 16.0. The number of nitrogens with zero attached hydrogens (tertiary/aromatic N) is 1. The Labute approximate surface area is 137 Å². The van der Waals surface area contributed by atoms with E-state index in [0.29, 0.717) is 0 Å². The van der Waals surface area contributed by atoms with E-state index in [-0.39, 0.29) is 12.1 Å². The van der Waals surface area contributed by atoms with Gasteiger partial charge in [0.2, 0.25) is 0 Å². The zero-order valence-electron chi connectivity index (χ0n) is 13.5. The molecule has 23 heavy (non-hydrogen) atoms. The van der Waals surface area contributed by atoms with Crippen molar-refractivity contribution in [3.05, 3.63) is 53.9 Å². The molecule has 2 atom stereocenters. The summed E-state index contributed by atoms with van der Waals surface area (Å²) in [5, 5.41) is 13.5. The fourth-order valence-electron chi connectivity index (χ4n) is 3.07. The van der Waals surface area contributed by atoms with E-state index in [9.17, 15) is 5.11 Å². The van der Waals surface area contributed by atoms with Crippen molar-refractivity contribution in [3.8, 4) is 11.5 Å². The molecular formula is C19H24N2O2. The number of pyridine rings is 1. The van der Waals surface area contributed by atoms with Crippen LogP contribution in [0.25, 0.3) is 0 Å². The van der Waals surface area contributed by atoms with Crippen LogP contribution in [-0.4, -0.2) is 22.2 Å². The maximum absolute atomic E-state index is 10.0. The first-order chi connectivity index (χ1) is 11.2. The third-order valence-electron chi connectivity index (χ3n) is 4.40. The monoisotopic (exact) mass is 312 g/mol. The quantitative estimate of drug-likeness (QED) is 0.886. The van der Waals surface area contributed by atoms with Crippen molar-refractivity contribution in [1.29, 1.82) is 0 Å². The zero-order valence-corrected chi connectivity index (χ0v) is 13.5. The summed E-state index contributed by atoms with van der Waals surface area (Å²) in [5.41, 5.74) is 2.30. The second-order valence-electron chi connectivity index (χ2n) is 6.23. The highest BCUT2D eigenvalue weighted by Crippen LogP contribution is 2.25. The van der Waals surface area contributed by atoms with Gasteiger partial charge in [-0.05, 0) is 49.1 Å². The van der Waals surface area contributed by atoms with Gasteiger partial charge < -0.3 is 15.2 Å². The molecule has 1 aliphatic rings. The Balaban J connectivity index is 1.60. The average Bonchev–Trinajstić information content (AvgIpc) is 2.57. The van der Waals surface area contributed by atoms with E-state index in [1.807, 2.05) is 25.1 Å². The van der Waals surface area contributed by atoms with E-state index in [2.05, 4.69) is 22.4 Å². The topological polar surface area (TPSA) is 54.4 Å². The predicted molar refractivity (Wildman–Crippen MR) is 90.6 cm³/mol. The summed E-state index contributed by atoms with van der Waals surface area (Å²) >= 11 is 0. The van der Waals surface area contributed by atoms with E-state index in [0.717, 1.165) is 42.9 Å². The molecule has 1 saturated carbocycles. The van der Waals surface area contributed by atoms with E-state index in [1.54, 1.807) is 12.4 Å². The molecule has 3 rings (SSSR count). The second kappa shape index (κ2) is 7.57. The predicted octanol–water partition coefficient (Wildman–Crippen LogP) is 3.58. The lowest BCUT2D eigenvalue weighted by atomic mass is 9.92. The molecule has 4 heteroatoms. The Hall–Kier alpha value is -1.91. The van der Waals surface area contributed by atoms with Gasteiger partial charge in [0, 0.05) is 18.8 Å². The summed E-state index contributed by atoms with van der Waals surface area (Å²) in [6.07, 6.45) is 7.53. The number of rotatable bonds is 5. The summed E-state index contributed by atoms with van der Waals surface area (Å²) in [5.74, 6) is 1.59. The van der Waals surface area contributed by atoms with E-state index in [1.165, 1.54) is 12.0 Å². The molecule has 0 amide bonds. The third-order valence-corrected chi connectivity index (χ3v) is 4.40. The Morgan fingerprint density at radius 1 is 1.26 bits per heavy atom. The van der Waals surface area contributed by atoms with Crippen LogP contribution in [0.5, 0.6) is 11.5 Å². The van der Waals surface area contributed by atoms with Gasteiger partial charge in [-0.2, -0.15) is 0 Å². The minimum atomic E-state index is -0.210. The zero-order chi connectivity index (χ0) is 16.1. The number of hydrogen-bond acceptors (Lipinski definition) is 4. The Morgan fingerprint density at radius 3 is 2.87 bits per heavy atom. The summed E-state index contributed by atoms with van der Waals surface area (Å²) in [6, 6.07) is 10.2. The molecule has 1 aromatic carbocycles. The highest BCUT2D eigenvalue weighted by atomic mass is 16.5. The van der Waals surface area contributed by atoms with Crippen molar-refractivity contribution in [2.24, 2.45) is 0 Å². The van der Waals surface area contributed by atoms with Crippen LogP contribution in [0, 0.1) is 6.92 Å². The normalized spacial score (nSPS) is 21.1. The third kappa shape index (κ3) is 4.30. The summed E-state index contributed by atoms with van der Waals surface area (Å²) in [6.45, 7) is 2.82. The molecule has 0 aliphatic heterocycles. The van der Waals surface area contributed by atoms with E-state index < -0.39 is 0 Å². The maximum atomic E-state index is 10.0. The van der Waals surface area contributed by atoms with Crippen molar-refractivity contribution in [3.63, 3.8) is 0 Å². The van der Waals surface area contributed by atoms with Gasteiger partial charge in [-0.1, -0.05) is 25.0 Å². The van der Waals surface area contributed by atoms with Crippen molar-refractivity contribution >= 4 is 0 Å². The second-order valence-corrected chi connectivity index (χ2v) is 6.23. The van der Waals surface area contributed by atoms with Crippen molar-refractivity contribution < 1.29 is 9.84 Å². The van der Waals surface area contributed by atoms with Crippen LogP contribution >= 0.6 is 0 Å². The number of benzene rings is 1. The number of hydrogen-bond donors (Lipinski definition) is 2. The number of ether oxygens (including phenoxy) is 1. The van der Waals surface area contributed by atoms with Crippen LogP contribution in [0.2, 0.25) is 0 Å². The van der Waals surface area contributed by atoms with Gasteiger partial charge in [-0.25, -0.2) is 0 Å². The molecule has 2 aromatic rings. The number of aliphatic hydroxyl groups excluding tert-OH is 1. The van der Waals surface area contributed by atoms with Crippen molar-refractivity contribution in [2.45, 2.75) is 51.3 Å². The first-order valence-electron chi connectivity index (χ1n) is 8.31. The van der Waals surface area contributed by atoms with Crippen molar-refractivity contribution in [1.82, 2.24) is 10.3 Å². The lowest BCUT2D eigenvalue weighted by molar-refractivity contribution is 0.0902. The molecule has 0 bridgehead atoms. The average molecular weight is 312 g/mol. The maximum Gasteiger partial charge on any atom is 0.145 e. The van der Waals surface area contributed by atoms with Gasteiger partial charge in [-0.15, -0.1) is 0 Å². The fraction of sp³-hybridized carbons (Fsp3) is 0.421. The van der Waals surface area contributed by atoms with Crippen LogP contribution in [0.15, 0.2) is 42.7 Å². The summed E-state index contributed by atoms with van der Waals surface area (Å²) in [7, 11) is 0. The van der Waals surface area contributed by atoms with Crippen LogP contribution < -0.4 is 10.1 Å². The smallest absolute Gasteiger partial charge is 0.145 e. The molecule has 1 fully saturated rings. The fourth-order valence-corrected chi connectivity index (χ4v) is 3.07. The van der Waals surface area contributed by atoms with Crippen LogP contribution in [0.4, 0.5) is 0 Å².